The van der Waals surface area contributed by atoms with Crippen LogP contribution in [0.15, 0.2) is 12.1 Å². The van der Waals surface area contributed by atoms with Crippen molar-refractivity contribution in [2.75, 3.05) is 13.1 Å². The number of nitrogens with zero attached hydrogens (tertiary/aromatic N) is 1. The van der Waals surface area contributed by atoms with Gasteiger partial charge in [-0.3, -0.25) is 4.79 Å². The van der Waals surface area contributed by atoms with Gasteiger partial charge in [0, 0.05) is 19.5 Å². The molecule has 1 fully saturated rings. The van der Waals surface area contributed by atoms with Crippen LogP contribution in [0.1, 0.15) is 77.5 Å². The first-order valence-corrected chi connectivity index (χ1v) is 10.3. The van der Waals surface area contributed by atoms with Gasteiger partial charge in [-0.25, -0.2) is 0 Å². The molecule has 0 aliphatic carbocycles. The van der Waals surface area contributed by atoms with Gasteiger partial charge in [-0.2, -0.15) is 13.2 Å². The van der Waals surface area contributed by atoms with Gasteiger partial charge in [0.2, 0.25) is 5.91 Å². The van der Waals surface area contributed by atoms with E-state index in [9.17, 15) is 23.1 Å². The van der Waals surface area contributed by atoms with Crippen molar-refractivity contribution in [2.24, 2.45) is 5.92 Å². The lowest BCUT2D eigenvalue weighted by Crippen LogP contribution is -2.44. The molecule has 6 heteroatoms. The largest absolute Gasteiger partial charge is 0.507 e. The molecule has 1 saturated heterocycles. The Hall–Kier alpha value is -1.72. The number of phenols is 1. The third-order valence-electron chi connectivity index (χ3n) is 5.65. The number of hydrogen-bond acceptors (Lipinski definition) is 2. The van der Waals surface area contributed by atoms with Crippen molar-refractivity contribution in [1.82, 2.24) is 4.90 Å². The number of alkyl halides is 3. The number of aryl methyl sites for hydroxylation is 1. The van der Waals surface area contributed by atoms with Gasteiger partial charge >= 0.3 is 6.18 Å². The molecule has 1 heterocycles. The van der Waals surface area contributed by atoms with Gasteiger partial charge in [0.1, 0.15) is 5.75 Å². The molecule has 1 aliphatic rings. The highest BCUT2D eigenvalue weighted by Crippen LogP contribution is 2.40. The zero-order valence-electron chi connectivity index (χ0n) is 18.4. The van der Waals surface area contributed by atoms with Crippen molar-refractivity contribution >= 4 is 5.91 Å². The first-order valence-electron chi connectivity index (χ1n) is 10.3. The molecule has 1 aromatic rings. The monoisotopic (exact) mass is 413 g/mol. The first kappa shape index (κ1) is 23.6. The van der Waals surface area contributed by atoms with E-state index in [1.54, 1.807) is 0 Å². The molecule has 1 N–H and O–H groups in total. The van der Waals surface area contributed by atoms with Crippen LogP contribution in [-0.4, -0.2) is 35.2 Å². The molecule has 1 unspecified atom stereocenters. The van der Waals surface area contributed by atoms with Crippen molar-refractivity contribution in [3.63, 3.8) is 0 Å². The maximum absolute atomic E-state index is 13.0. The Morgan fingerprint density at radius 3 is 2.03 bits per heavy atom. The average Bonchev–Trinajstić information content (AvgIpc) is 2.57. The predicted octanol–water partition coefficient (Wildman–Crippen LogP) is 5.72. The topological polar surface area (TPSA) is 40.5 Å². The van der Waals surface area contributed by atoms with Gasteiger partial charge in [0.25, 0.3) is 0 Å². The quantitative estimate of drug-likeness (QED) is 0.688. The van der Waals surface area contributed by atoms with E-state index in [4.69, 9.17) is 0 Å². The summed E-state index contributed by atoms with van der Waals surface area (Å²) < 4.78 is 39.1. The standard InChI is InChI=1S/C23H34F3NO2/c1-21(2,3)17-12-15(13-18(20(17)29)22(4,5)6)9-10-19(28)27-11-7-8-16(14-27)23(24,25)26/h12-13,16,29H,7-11,14H2,1-6H3. The number of likely N-dealkylation sites (tertiary alicyclic amines) is 1. The second-order valence-corrected chi connectivity index (χ2v) is 10.3. The highest BCUT2D eigenvalue weighted by Gasteiger charge is 2.42. The highest BCUT2D eigenvalue weighted by atomic mass is 19.4. The average molecular weight is 414 g/mol. The van der Waals surface area contributed by atoms with E-state index in [0.717, 1.165) is 16.7 Å². The van der Waals surface area contributed by atoms with E-state index in [1.807, 2.05) is 53.7 Å². The fraction of sp³-hybridized carbons (Fsp3) is 0.696. The molecule has 2 rings (SSSR count). The van der Waals surface area contributed by atoms with Gasteiger partial charge < -0.3 is 10.0 Å². The third kappa shape index (κ3) is 5.89. The summed E-state index contributed by atoms with van der Waals surface area (Å²) in [6.45, 7) is 12.3. The minimum absolute atomic E-state index is 0.0924. The number of hydrogen-bond donors (Lipinski definition) is 1. The van der Waals surface area contributed by atoms with E-state index < -0.39 is 12.1 Å². The molecule has 1 atom stereocenters. The smallest absolute Gasteiger partial charge is 0.393 e. The van der Waals surface area contributed by atoms with Crippen LogP contribution in [0.25, 0.3) is 0 Å². The molecule has 1 aromatic carbocycles. The summed E-state index contributed by atoms with van der Waals surface area (Å²) in [5, 5.41) is 10.8. The van der Waals surface area contributed by atoms with Crippen LogP contribution in [0.5, 0.6) is 5.75 Å². The molecule has 29 heavy (non-hydrogen) atoms. The highest BCUT2D eigenvalue weighted by molar-refractivity contribution is 5.76. The Morgan fingerprint density at radius 1 is 1.07 bits per heavy atom. The second kappa shape index (κ2) is 8.19. The zero-order chi connectivity index (χ0) is 22.2. The summed E-state index contributed by atoms with van der Waals surface area (Å²) >= 11 is 0. The third-order valence-corrected chi connectivity index (χ3v) is 5.65. The Morgan fingerprint density at radius 2 is 1.59 bits per heavy atom. The summed E-state index contributed by atoms with van der Waals surface area (Å²) in [6, 6.07) is 3.85. The number of halogens is 3. The van der Waals surface area contributed by atoms with Crippen molar-refractivity contribution in [3.8, 4) is 5.75 Å². The summed E-state index contributed by atoms with van der Waals surface area (Å²) in [5.74, 6) is -1.38. The van der Waals surface area contributed by atoms with E-state index in [0.29, 0.717) is 19.4 Å². The van der Waals surface area contributed by atoms with Crippen molar-refractivity contribution in [3.05, 3.63) is 28.8 Å². The molecule has 1 amide bonds. The van der Waals surface area contributed by atoms with Gasteiger partial charge in [-0.05, 0) is 46.8 Å². The van der Waals surface area contributed by atoms with Crippen LogP contribution < -0.4 is 0 Å². The minimum atomic E-state index is -4.25. The van der Waals surface area contributed by atoms with E-state index >= 15 is 0 Å². The van der Waals surface area contributed by atoms with E-state index in [-0.39, 0.29) is 41.9 Å². The van der Waals surface area contributed by atoms with Crippen molar-refractivity contribution < 1.29 is 23.1 Å². The lowest BCUT2D eigenvalue weighted by atomic mass is 9.78. The summed E-state index contributed by atoms with van der Waals surface area (Å²) in [6.07, 6.45) is -3.16. The number of phenolic OH excluding ortho intramolecular Hbond substituents is 1. The summed E-state index contributed by atoms with van der Waals surface area (Å²) in [5.41, 5.74) is 2.04. The van der Waals surface area contributed by atoms with Gasteiger partial charge in [-0.15, -0.1) is 0 Å². The minimum Gasteiger partial charge on any atom is -0.507 e. The normalized spacial score (nSPS) is 18.8. The summed E-state index contributed by atoms with van der Waals surface area (Å²) in [7, 11) is 0. The maximum atomic E-state index is 13.0. The Balaban J connectivity index is 2.18. The van der Waals surface area contributed by atoms with Gasteiger partial charge in [0.05, 0.1) is 5.92 Å². The molecule has 0 saturated carbocycles. The van der Waals surface area contributed by atoms with Crippen molar-refractivity contribution in [1.29, 1.82) is 0 Å². The number of rotatable bonds is 3. The van der Waals surface area contributed by atoms with Crippen LogP contribution >= 0.6 is 0 Å². The molecule has 0 bridgehead atoms. The van der Waals surface area contributed by atoms with Gasteiger partial charge in [0.15, 0.2) is 0 Å². The predicted molar refractivity (Wildman–Crippen MR) is 109 cm³/mol. The first-order chi connectivity index (χ1) is 13.1. The number of piperidine rings is 1. The number of carbonyl (C=O) groups excluding carboxylic acids is 1. The lowest BCUT2D eigenvalue weighted by molar-refractivity contribution is -0.188. The lowest BCUT2D eigenvalue weighted by Gasteiger charge is -2.34. The number of carbonyl (C=O) groups is 1. The Bertz CT molecular complexity index is 707. The molecule has 164 valence electrons. The van der Waals surface area contributed by atoms with Crippen LogP contribution in [0.4, 0.5) is 13.2 Å². The zero-order valence-corrected chi connectivity index (χ0v) is 18.4. The molecule has 1 aliphatic heterocycles. The van der Waals surface area contributed by atoms with E-state index in [2.05, 4.69) is 0 Å². The molecule has 0 spiro atoms. The Labute approximate surface area is 172 Å². The molecule has 0 radical (unpaired) electrons. The van der Waals surface area contributed by atoms with Crippen LogP contribution in [0.3, 0.4) is 0 Å². The van der Waals surface area contributed by atoms with Crippen LogP contribution in [-0.2, 0) is 22.0 Å². The van der Waals surface area contributed by atoms with Crippen LogP contribution in [0, 0.1) is 5.92 Å². The number of amides is 1. The fourth-order valence-electron chi connectivity index (χ4n) is 3.86. The maximum Gasteiger partial charge on any atom is 0.393 e. The van der Waals surface area contributed by atoms with E-state index in [1.165, 1.54) is 4.90 Å². The van der Waals surface area contributed by atoms with Crippen LogP contribution in [0.2, 0.25) is 0 Å². The number of aromatic hydroxyl groups is 1. The number of benzene rings is 1. The second-order valence-electron chi connectivity index (χ2n) is 10.3. The summed E-state index contributed by atoms with van der Waals surface area (Å²) in [4.78, 5) is 13.9. The molecular formula is C23H34F3NO2. The SMILES string of the molecule is CC(C)(C)c1cc(CCC(=O)N2CCCC(C(F)(F)F)C2)cc(C(C)(C)C)c1O. The molecular weight excluding hydrogens is 379 g/mol. The van der Waals surface area contributed by atoms with Gasteiger partial charge in [-0.1, -0.05) is 53.7 Å². The Kier molecular flexibility index (Phi) is 6.65. The molecule has 0 aromatic heterocycles. The van der Waals surface area contributed by atoms with Crippen molar-refractivity contribution in [2.45, 2.75) is 84.2 Å². The molecule has 3 nitrogen and oxygen atoms in total. The fourth-order valence-corrected chi connectivity index (χ4v) is 3.86.